The Bertz CT molecular complexity index is 698. The van der Waals surface area contributed by atoms with Crippen molar-refractivity contribution in [2.24, 2.45) is 0 Å². The fourth-order valence-corrected chi connectivity index (χ4v) is 2.65. The van der Waals surface area contributed by atoms with Gasteiger partial charge in [-0.15, -0.1) is 0 Å². The van der Waals surface area contributed by atoms with Gasteiger partial charge in [0, 0.05) is 20.3 Å². The standard InChI is InChI=1S/C17H21F2N3O5/c1-17(11-4-6-12(7-5-11)27-15(18)19)14(24)22(16(25)21-17)10-13(23)20-8-3-9-26-2/h4-7,15H,3,8-10H2,1-2H3,(H,20,23)(H,21,25)/t17-/m1/s1. The van der Waals surface area contributed by atoms with Crippen molar-refractivity contribution in [3.63, 3.8) is 0 Å². The zero-order valence-corrected chi connectivity index (χ0v) is 15.0. The summed E-state index contributed by atoms with van der Waals surface area (Å²) in [6.07, 6.45) is 0.604. The minimum Gasteiger partial charge on any atom is -0.435 e. The summed E-state index contributed by atoms with van der Waals surface area (Å²) in [5.74, 6) is -1.15. The molecule has 1 aliphatic heterocycles. The number of hydrogen-bond donors (Lipinski definition) is 2. The fraction of sp³-hybridized carbons (Fsp3) is 0.471. The Kier molecular flexibility index (Phi) is 6.67. The third-order valence-corrected chi connectivity index (χ3v) is 4.08. The van der Waals surface area contributed by atoms with Crippen LogP contribution in [0.3, 0.4) is 0 Å². The van der Waals surface area contributed by atoms with Crippen LogP contribution < -0.4 is 15.4 Å². The number of imide groups is 1. The highest BCUT2D eigenvalue weighted by Crippen LogP contribution is 2.30. The number of amides is 4. The summed E-state index contributed by atoms with van der Waals surface area (Å²) in [6, 6.07) is 4.66. The second kappa shape index (κ2) is 8.76. The molecule has 0 unspecified atom stereocenters. The number of urea groups is 1. The van der Waals surface area contributed by atoms with Gasteiger partial charge in [0.2, 0.25) is 5.91 Å². The molecule has 148 valence electrons. The monoisotopic (exact) mass is 385 g/mol. The summed E-state index contributed by atoms with van der Waals surface area (Å²) in [7, 11) is 1.54. The molecule has 1 aliphatic rings. The smallest absolute Gasteiger partial charge is 0.387 e. The van der Waals surface area contributed by atoms with Crippen LogP contribution in [0.4, 0.5) is 13.6 Å². The molecule has 4 amide bonds. The highest BCUT2D eigenvalue weighted by molar-refractivity contribution is 6.09. The maximum Gasteiger partial charge on any atom is 0.387 e. The van der Waals surface area contributed by atoms with E-state index in [2.05, 4.69) is 15.4 Å². The molecule has 27 heavy (non-hydrogen) atoms. The summed E-state index contributed by atoms with van der Waals surface area (Å²) in [6.45, 7) is -1.06. The second-order valence-electron chi connectivity index (χ2n) is 6.05. The maximum atomic E-state index is 12.7. The molecule has 0 saturated carbocycles. The molecule has 1 aromatic carbocycles. The molecule has 1 saturated heterocycles. The first-order valence-electron chi connectivity index (χ1n) is 8.23. The van der Waals surface area contributed by atoms with Crippen molar-refractivity contribution in [2.45, 2.75) is 25.5 Å². The van der Waals surface area contributed by atoms with Crippen LogP contribution in [0.1, 0.15) is 18.9 Å². The Morgan fingerprint density at radius 2 is 1.96 bits per heavy atom. The van der Waals surface area contributed by atoms with Crippen LogP contribution in [0, 0.1) is 0 Å². The summed E-state index contributed by atoms with van der Waals surface area (Å²) in [4.78, 5) is 37.6. The molecule has 0 aliphatic carbocycles. The van der Waals surface area contributed by atoms with Crippen molar-refractivity contribution in [3.8, 4) is 5.75 Å². The van der Waals surface area contributed by atoms with Gasteiger partial charge in [0.25, 0.3) is 5.91 Å². The SMILES string of the molecule is COCCCNC(=O)CN1C(=O)N[C@](C)(c2ccc(OC(F)F)cc2)C1=O. The summed E-state index contributed by atoms with van der Waals surface area (Å²) in [5.41, 5.74) is -1.03. The van der Waals surface area contributed by atoms with Gasteiger partial charge in [-0.05, 0) is 31.0 Å². The molecular weight excluding hydrogens is 364 g/mol. The first-order valence-corrected chi connectivity index (χ1v) is 8.23. The van der Waals surface area contributed by atoms with Crippen molar-refractivity contribution in [1.29, 1.82) is 0 Å². The van der Waals surface area contributed by atoms with E-state index in [1.165, 1.54) is 31.2 Å². The van der Waals surface area contributed by atoms with Crippen molar-refractivity contribution < 1.29 is 32.6 Å². The largest absolute Gasteiger partial charge is 0.435 e. The van der Waals surface area contributed by atoms with Gasteiger partial charge < -0.3 is 20.1 Å². The van der Waals surface area contributed by atoms with E-state index in [-0.39, 0.29) is 5.75 Å². The molecule has 0 aromatic heterocycles. The molecule has 0 bridgehead atoms. The molecular formula is C17H21F2N3O5. The number of alkyl halides is 2. The first-order chi connectivity index (χ1) is 12.8. The van der Waals surface area contributed by atoms with Crippen molar-refractivity contribution in [2.75, 3.05) is 26.8 Å². The fourth-order valence-electron chi connectivity index (χ4n) is 2.65. The summed E-state index contributed by atoms with van der Waals surface area (Å²) >= 11 is 0. The number of ether oxygens (including phenoxy) is 2. The van der Waals surface area contributed by atoms with E-state index in [0.717, 1.165) is 4.90 Å². The lowest BCUT2D eigenvalue weighted by Crippen LogP contribution is -2.43. The third-order valence-electron chi connectivity index (χ3n) is 4.08. The third kappa shape index (κ3) is 4.91. The number of nitrogens with one attached hydrogen (secondary N) is 2. The van der Waals surface area contributed by atoms with E-state index in [1.54, 1.807) is 7.11 Å². The van der Waals surface area contributed by atoms with Crippen molar-refractivity contribution in [3.05, 3.63) is 29.8 Å². The van der Waals surface area contributed by atoms with Gasteiger partial charge in [-0.25, -0.2) is 4.79 Å². The van der Waals surface area contributed by atoms with E-state index in [9.17, 15) is 23.2 Å². The van der Waals surface area contributed by atoms with E-state index < -0.39 is 36.5 Å². The Morgan fingerprint density at radius 3 is 2.56 bits per heavy atom. The van der Waals surface area contributed by atoms with E-state index in [4.69, 9.17) is 4.74 Å². The molecule has 1 fully saturated rings. The van der Waals surface area contributed by atoms with Gasteiger partial charge in [0.05, 0.1) is 0 Å². The number of benzene rings is 1. The molecule has 8 nitrogen and oxygen atoms in total. The summed E-state index contributed by atoms with van der Waals surface area (Å²) < 4.78 is 33.6. The molecule has 1 aromatic rings. The Morgan fingerprint density at radius 1 is 1.30 bits per heavy atom. The van der Waals surface area contributed by atoms with Gasteiger partial charge in [0.1, 0.15) is 17.8 Å². The van der Waals surface area contributed by atoms with Crippen LogP contribution in [-0.4, -0.2) is 56.2 Å². The topological polar surface area (TPSA) is 97.0 Å². The zero-order chi connectivity index (χ0) is 20.0. The highest BCUT2D eigenvalue weighted by Gasteiger charge is 2.49. The van der Waals surface area contributed by atoms with Crippen LogP contribution in [0.25, 0.3) is 0 Å². The maximum absolute atomic E-state index is 12.7. The highest BCUT2D eigenvalue weighted by atomic mass is 19.3. The zero-order valence-electron chi connectivity index (χ0n) is 15.0. The average Bonchev–Trinajstić information content (AvgIpc) is 2.83. The van der Waals surface area contributed by atoms with Crippen LogP contribution >= 0.6 is 0 Å². The number of hydrogen-bond acceptors (Lipinski definition) is 5. The van der Waals surface area contributed by atoms with Gasteiger partial charge in [-0.2, -0.15) is 8.78 Å². The quantitative estimate of drug-likeness (QED) is 0.492. The second-order valence-corrected chi connectivity index (χ2v) is 6.05. The minimum atomic E-state index is -2.96. The molecule has 1 atom stereocenters. The molecule has 2 rings (SSSR count). The first kappa shape index (κ1) is 20.6. The Labute approximate surface area is 154 Å². The lowest BCUT2D eigenvalue weighted by atomic mass is 9.92. The molecule has 0 spiro atoms. The number of methoxy groups -OCH3 is 1. The van der Waals surface area contributed by atoms with Crippen molar-refractivity contribution in [1.82, 2.24) is 15.5 Å². The predicted octanol–water partition coefficient (Wildman–Crippen LogP) is 1.21. The number of carbonyl (C=O) groups is 3. The molecule has 1 heterocycles. The Balaban J connectivity index is 2.04. The van der Waals surface area contributed by atoms with E-state index in [0.29, 0.717) is 25.1 Å². The summed E-state index contributed by atoms with van der Waals surface area (Å²) in [5, 5.41) is 5.13. The lowest BCUT2D eigenvalue weighted by Gasteiger charge is -2.22. The van der Waals surface area contributed by atoms with Crippen LogP contribution in [0.5, 0.6) is 5.75 Å². The van der Waals surface area contributed by atoms with Gasteiger partial charge in [0.15, 0.2) is 0 Å². The van der Waals surface area contributed by atoms with Crippen LogP contribution in [-0.2, 0) is 19.9 Å². The van der Waals surface area contributed by atoms with Crippen LogP contribution in [0.2, 0.25) is 0 Å². The van der Waals surface area contributed by atoms with Gasteiger partial charge in [-0.1, -0.05) is 12.1 Å². The predicted molar refractivity (Wildman–Crippen MR) is 90.2 cm³/mol. The van der Waals surface area contributed by atoms with Crippen LogP contribution in [0.15, 0.2) is 24.3 Å². The van der Waals surface area contributed by atoms with E-state index >= 15 is 0 Å². The minimum absolute atomic E-state index is 0.0681. The van der Waals surface area contributed by atoms with Gasteiger partial charge in [-0.3, -0.25) is 14.5 Å². The normalized spacial score (nSPS) is 19.4. The average molecular weight is 385 g/mol. The number of carbonyl (C=O) groups excluding carboxylic acids is 3. The van der Waals surface area contributed by atoms with Gasteiger partial charge >= 0.3 is 12.6 Å². The molecule has 0 radical (unpaired) electrons. The lowest BCUT2D eigenvalue weighted by molar-refractivity contribution is -0.134. The van der Waals surface area contributed by atoms with E-state index in [1.807, 2.05) is 0 Å². The number of halogens is 2. The number of nitrogens with zero attached hydrogens (tertiary/aromatic N) is 1. The van der Waals surface area contributed by atoms with Crippen molar-refractivity contribution >= 4 is 17.8 Å². The molecule has 10 heteroatoms. The Hall–Kier alpha value is -2.75. The number of rotatable bonds is 9. The molecule has 2 N–H and O–H groups in total.